The van der Waals surface area contributed by atoms with Crippen molar-refractivity contribution in [3.05, 3.63) is 35.9 Å². The Morgan fingerprint density at radius 1 is 1.37 bits per heavy atom. The molecule has 2 rings (SSSR count). The molecule has 0 spiro atoms. The van der Waals surface area contributed by atoms with E-state index in [4.69, 9.17) is 5.11 Å². The molecule has 0 aliphatic carbocycles. The van der Waals surface area contributed by atoms with Gasteiger partial charge in [0.15, 0.2) is 0 Å². The molecule has 0 bridgehead atoms. The van der Waals surface area contributed by atoms with Crippen molar-refractivity contribution in [1.82, 2.24) is 4.90 Å². The van der Waals surface area contributed by atoms with Gasteiger partial charge in [-0.1, -0.05) is 30.3 Å². The van der Waals surface area contributed by atoms with E-state index >= 15 is 0 Å². The van der Waals surface area contributed by atoms with Crippen LogP contribution in [0.15, 0.2) is 30.3 Å². The van der Waals surface area contributed by atoms with Crippen LogP contribution in [0.3, 0.4) is 0 Å². The second-order valence-electron chi connectivity index (χ2n) is 5.17. The van der Waals surface area contributed by atoms with E-state index < -0.39 is 18.1 Å². The lowest BCUT2D eigenvalue weighted by atomic mass is 10.1. The maximum atomic E-state index is 11.0. The third kappa shape index (κ3) is 4.04. The fraction of sp³-hybridized carbons (Fsp3) is 0.533. The van der Waals surface area contributed by atoms with Crippen molar-refractivity contribution in [1.29, 1.82) is 0 Å². The molecule has 0 radical (unpaired) electrons. The van der Waals surface area contributed by atoms with Crippen LogP contribution in [0.2, 0.25) is 0 Å². The number of nitrogens with zero attached hydrogens (tertiary/aromatic N) is 1. The van der Waals surface area contributed by atoms with Crippen molar-refractivity contribution in [3.63, 3.8) is 0 Å². The van der Waals surface area contributed by atoms with Gasteiger partial charge in [0.25, 0.3) is 0 Å². The second-order valence-corrected chi connectivity index (χ2v) is 5.17. The Balaban J connectivity index is 1.78. The van der Waals surface area contributed by atoms with Crippen molar-refractivity contribution in [2.75, 3.05) is 13.1 Å². The smallest absolute Gasteiger partial charge is 0.320 e. The van der Waals surface area contributed by atoms with Crippen molar-refractivity contribution < 1.29 is 15.0 Å². The topological polar surface area (TPSA) is 60.8 Å². The van der Waals surface area contributed by atoms with E-state index in [1.165, 1.54) is 5.56 Å². The number of aryl methyl sites for hydroxylation is 1. The predicted octanol–water partition coefficient (Wildman–Crippen LogP) is 1.53. The molecule has 1 saturated heterocycles. The largest absolute Gasteiger partial charge is 0.480 e. The summed E-state index contributed by atoms with van der Waals surface area (Å²) in [6.45, 7) is 1.24. The molecule has 1 aliphatic heterocycles. The zero-order valence-electron chi connectivity index (χ0n) is 11.0. The Morgan fingerprint density at radius 3 is 2.79 bits per heavy atom. The van der Waals surface area contributed by atoms with Gasteiger partial charge >= 0.3 is 5.97 Å². The summed E-state index contributed by atoms with van der Waals surface area (Å²) in [5.41, 5.74) is 1.21. The summed E-state index contributed by atoms with van der Waals surface area (Å²) in [7, 11) is 0. The van der Waals surface area contributed by atoms with E-state index in [1.54, 1.807) is 0 Å². The molecule has 0 amide bonds. The van der Waals surface area contributed by atoms with Gasteiger partial charge in [0.05, 0.1) is 6.10 Å². The molecular weight excluding hydrogens is 242 g/mol. The van der Waals surface area contributed by atoms with Crippen LogP contribution in [0.4, 0.5) is 0 Å². The van der Waals surface area contributed by atoms with E-state index in [9.17, 15) is 9.90 Å². The number of benzene rings is 1. The quantitative estimate of drug-likeness (QED) is 0.817. The monoisotopic (exact) mass is 263 g/mol. The van der Waals surface area contributed by atoms with Gasteiger partial charge in [0.1, 0.15) is 6.04 Å². The standard InChI is InChI=1S/C15H21NO3/c17-13(9-8-12-5-2-1-3-6-12)11-16-10-4-7-14(16)15(18)19/h1-3,5-6,13-14,17H,4,7-11H2,(H,18,19)/t13?,14-/m1/s1. The highest BCUT2D eigenvalue weighted by Crippen LogP contribution is 2.18. The van der Waals surface area contributed by atoms with Gasteiger partial charge in [-0.15, -0.1) is 0 Å². The minimum absolute atomic E-state index is 0.411. The Labute approximate surface area is 113 Å². The average molecular weight is 263 g/mol. The summed E-state index contributed by atoms with van der Waals surface area (Å²) in [4.78, 5) is 12.9. The van der Waals surface area contributed by atoms with Crippen molar-refractivity contribution in [2.24, 2.45) is 0 Å². The third-order valence-corrected chi connectivity index (χ3v) is 3.70. The Kier molecular flexibility index (Phi) is 4.93. The Morgan fingerprint density at radius 2 is 2.11 bits per heavy atom. The fourth-order valence-electron chi connectivity index (χ4n) is 2.66. The second kappa shape index (κ2) is 6.68. The number of β-amino-alcohol motifs (C(OH)–C–C–N with tert-alkyl or cyclic N) is 1. The molecule has 104 valence electrons. The predicted molar refractivity (Wildman–Crippen MR) is 73.0 cm³/mol. The van der Waals surface area contributed by atoms with Crippen LogP contribution in [0.5, 0.6) is 0 Å². The van der Waals surface area contributed by atoms with Crippen LogP contribution in [0, 0.1) is 0 Å². The minimum atomic E-state index is -0.771. The molecular formula is C15H21NO3. The molecule has 19 heavy (non-hydrogen) atoms. The van der Waals surface area contributed by atoms with Gasteiger partial charge in [-0.05, 0) is 37.8 Å². The molecule has 2 atom stereocenters. The number of carbonyl (C=O) groups is 1. The highest BCUT2D eigenvalue weighted by atomic mass is 16.4. The molecule has 1 aromatic carbocycles. The lowest BCUT2D eigenvalue weighted by Gasteiger charge is -2.24. The summed E-state index contributed by atoms with van der Waals surface area (Å²) in [5.74, 6) is -0.771. The zero-order valence-corrected chi connectivity index (χ0v) is 11.0. The molecule has 2 N–H and O–H groups in total. The normalized spacial score (nSPS) is 21.4. The number of hydrogen-bond donors (Lipinski definition) is 2. The average Bonchev–Trinajstić information content (AvgIpc) is 2.86. The van der Waals surface area contributed by atoms with Crippen LogP contribution in [0.1, 0.15) is 24.8 Å². The molecule has 1 unspecified atom stereocenters. The SMILES string of the molecule is O=C(O)[C@H]1CCCN1CC(O)CCc1ccccc1. The summed E-state index contributed by atoms with van der Waals surface area (Å²) in [6, 6.07) is 9.63. The molecule has 1 aromatic rings. The summed E-state index contributed by atoms with van der Waals surface area (Å²) in [5, 5.41) is 19.1. The van der Waals surface area contributed by atoms with Gasteiger partial charge in [-0.25, -0.2) is 0 Å². The number of carboxylic acid groups (broad SMARTS) is 1. The number of likely N-dealkylation sites (tertiary alicyclic amines) is 1. The number of aliphatic hydroxyl groups is 1. The van der Waals surface area contributed by atoms with Gasteiger partial charge in [0, 0.05) is 6.54 Å². The van der Waals surface area contributed by atoms with E-state index in [2.05, 4.69) is 0 Å². The molecule has 4 heteroatoms. The first-order valence-corrected chi connectivity index (χ1v) is 6.85. The van der Waals surface area contributed by atoms with Crippen molar-refractivity contribution in [3.8, 4) is 0 Å². The van der Waals surface area contributed by atoms with Gasteiger partial charge < -0.3 is 10.2 Å². The molecule has 1 heterocycles. The van der Waals surface area contributed by atoms with E-state index in [0.29, 0.717) is 19.4 Å². The number of aliphatic hydroxyl groups excluding tert-OH is 1. The molecule has 1 fully saturated rings. The number of rotatable bonds is 6. The van der Waals surface area contributed by atoms with Crippen LogP contribution >= 0.6 is 0 Å². The van der Waals surface area contributed by atoms with Crippen molar-refractivity contribution >= 4 is 5.97 Å². The molecule has 0 aromatic heterocycles. The van der Waals surface area contributed by atoms with Crippen LogP contribution in [-0.2, 0) is 11.2 Å². The maximum Gasteiger partial charge on any atom is 0.320 e. The highest BCUT2D eigenvalue weighted by Gasteiger charge is 2.31. The summed E-state index contributed by atoms with van der Waals surface area (Å²) in [6.07, 6.45) is 2.64. The summed E-state index contributed by atoms with van der Waals surface area (Å²) < 4.78 is 0. The molecule has 0 saturated carbocycles. The first-order chi connectivity index (χ1) is 9.16. The van der Waals surface area contributed by atoms with E-state index in [1.807, 2.05) is 35.2 Å². The Hall–Kier alpha value is -1.39. The first-order valence-electron chi connectivity index (χ1n) is 6.85. The lowest BCUT2D eigenvalue weighted by molar-refractivity contribution is -0.142. The Bertz CT molecular complexity index is 407. The number of hydrogen-bond acceptors (Lipinski definition) is 3. The fourth-order valence-corrected chi connectivity index (χ4v) is 2.66. The van der Waals surface area contributed by atoms with Gasteiger partial charge in [-0.3, -0.25) is 9.69 Å². The minimum Gasteiger partial charge on any atom is -0.480 e. The van der Waals surface area contributed by atoms with E-state index in [0.717, 1.165) is 19.4 Å². The van der Waals surface area contributed by atoms with Gasteiger partial charge in [0.2, 0.25) is 0 Å². The number of aliphatic carboxylic acids is 1. The van der Waals surface area contributed by atoms with Crippen molar-refractivity contribution in [2.45, 2.75) is 37.8 Å². The lowest BCUT2D eigenvalue weighted by Crippen LogP contribution is -2.40. The first kappa shape index (κ1) is 14.0. The third-order valence-electron chi connectivity index (χ3n) is 3.70. The van der Waals surface area contributed by atoms with E-state index in [-0.39, 0.29) is 0 Å². The van der Waals surface area contributed by atoms with Crippen LogP contribution in [0.25, 0.3) is 0 Å². The zero-order chi connectivity index (χ0) is 13.7. The van der Waals surface area contributed by atoms with Gasteiger partial charge in [-0.2, -0.15) is 0 Å². The summed E-state index contributed by atoms with van der Waals surface area (Å²) >= 11 is 0. The number of carboxylic acids is 1. The molecule has 4 nitrogen and oxygen atoms in total. The van der Waals surface area contributed by atoms with Crippen LogP contribution < -0.4 is 0 Å². The maximum absolute atomic E-state index is 11.0. The highest BCUT2D eigenvalue weighted by molar-refractivity contribution is 5.73. The molecule has 1 aliphatic rings. The van der Waals surface area contributed by atoms with Crippen LogP contribution in [-0.4, -0.2) is 46.3 Å².